The Labute approximate surface area is 194 Å². The highest BCUT2D eigenvalue weighted by atomic mass is 32.2. The summed E-state index contributed by atoms with van der Waals surface area (Å²) in [4.78, 5) is 12.3. The summed E-state index contributed by atoms with van der Waals surface area (Å²) in [6.07, 6.45) is 2.97. The minimum absolute atomic E-state index is 0.104. The zero-order chi connectivity index (χ0) is 23.0. The van der Waals surface area contributed by atoms with Gasteiger partial charge in [-0.25, -0.2) is 5.43 Å². The second-order valence-electron chi connectivity index (χ2n) is 6.64. The number of nitrogens with one attached hydrogen (secondary N) is 1. The molecule has 0 unspecified atom stereocenters. The van der Waals surface area contributed by atoms with Crippen molar-refractivity contribution in [1.29, 1.82) is 0 Å². The van der Waals surface area contributed by atoms with Crippen molar-refractivity contribution in [2.45, 2.75) is 5.16 Å². The van der Waals surface area contributed by atoms with Gasteiger partial charge in [0.2, 0.25) is 0 Å². The molecule has 33 heavy (non-hydrogen) atoms. The molecule has 168 valence electrons. The highest BCUT2D eigenvalue weighted by Crippen LogP contribution is 2.34. The molecule has 0 atom stereocenters. The van der Waals surface area contributed by atoms with Crippen LogP contribution in [0.5, 0.6) is 11.5 Å². The van der Waals surface area contributed by atoms with Gasteiger partial charge in [0.25, 0.3) is 5.91 Å². The molecule has 0 spiro atoms. The van der Waals surface area contributed by atoms with Crippen molar-refractivity contribution in [3.63, 3.8) is 0 Å². The number of carbonyl (C=O) groups is 1. The van der Waals surface area contributed by atoms with Crippen molar-refractivity contribution in [2.75, 3.05) is 20.0 Å². The maximum atomic E-state index is 12.3. The summed E-state index contributed by atoms with van der Waals surface area (Å²) in [7, 11) is 3.17. The summed E-state index contributed by atoms with van der Waals surface area (Å²) >= 11 is 1.26. The van der Waals surface area contributed by atoms with Crippen molar-refractivity contribution >= 4 is 23.9 Å². The molecule has 2 aromatic carbocycles. The molecule has 1 amide bonds. The number of hydrazone groups is 1. The molecule has 0 radical (unpaired) electrons. The van der Waals surface area contributed by atoms with Gasteiger partial charge < -0.3 is 13.9 Å². The fraction of sp³-hybridized carbons (Fsp3) is 0.130. The van der Waals surface area contributed by atoms with Crippen molar-refractivity contribution in [1.82, 2.24) is 20.2 Å². The number of benzene rings is 2. The average molecular weight is 464 g/mol. The number of carbonyl (C=O) groups excluding carboxylic acids is 1. The number of thioether (sulfide) groups is 1. The molecular weight excluding hydrogens is 442 g/mol. The quantitative estimate of drug-likeness (QED) is 0.229. The standard InChI is InChI=1S/C23H21N5O4S/c1-30-19-11-10-16(13-20(19)31-2)22-26-27-23(28(22)17-7-4-3-5-8-17)33-15-21(29)25-24-14-18-9-6-12-32-18/h3-14H,15H2,1-2H3,(H,25,29)/b24-14-. The van der Waals surface area contributed by atoms with E-state index >= 15 is 0 Å². The Balaban J connectivity index is 1.57. The van der Waals surface area contributed by atoms with Crippen LogP contribution >= 0.6 is 11.8 Å². The molecule has 1 N–H and O–H groups in total. The van der Waals surface area contributed by atoms with E-state index in [9.17, 15) is 4.79 Å². The zero-order valence-electron chi connectivity index (χ0n) is 18.0. The van der Waals surface area contributed by atoms with Crippen LogP contribution in [0, 0.1) is 0 Å². The molecule has 10 heteroatoms. The number of ether oxygens (including phenoxy) is 2. The van der Waals surface area contributed by atoms with E-state index in [0.717, 1.165) is 11.3 Å². The van der Waals surface area contributed by atoms with Crippen molar-refractivity contribution < 1.29 is 18.7 Å². The molecule has 0 bridgehead atoms. The summed E-state index contributed by atoms with van der Waals surface area (Å²) in [5.41, 5.74) is 4.14. The van der Waals surface area contributed by atoms with Gasteiger partial charge in [-0.05, 0) is 42.5 Å². The van der Waals surface area contributed by atoms with Crippen LogP contribution in [-0.2, 0) is 4.79 Å². The number of furan rings is 1. The van der Waals surface area contributed by atoms with Gasteiger partial charge in [-0.15, -0.1) is 10.2 Å². The predicted octanol–water partition coefficient (Wildman–Crippen LogP) is 3.79. The highest BCUT2D eigenvalue weighted by molar-refractivity contribution is 7.99. The number of methoxy groups -OCH3 is 2. The Morgan fingerprint density at radius 3 is 2.64 bits per heavy atom. The first-order valence-corrected chi connectivity index (χ1v) is 10.9. The third kappa shape index (κ3) is 5.24. The van der Waals surface area contributed by atoms with Gasteiger partial charge in [0, 0.05) is 11.3 Å². The van der Waals surface area contributed by atoms with Crippen LogP contribution in [0.2, 0.25) is 0 Å². The van der Waals surface area contributed by atoms with E-state index in [4.69, 9.17) is 13.9 Å². The first-order chi connectivity index (χ1) is 16.2. The number of aromatic nitrogens is 3. The maximum Gasteiger partial charge on any atom is 0.250 e. The minimum atomic E-state index is -0.280. The number of rotatable bonds is 9. The van der Waals surface area contributed by atoms with Crippen molar-refractivity contribution in [3.8, 4) is 28.6 Å². The normalized spacial score (nSPS) is 11.0. The van der Waals surface area contributed by atoms with Crippen molar-refractivity contribution in [2.24, 2.45) is 5.10 Å². The van der Waals surface area contributed by atoms with E-state index in [-0.39, 0.29) is 11.7 Å². The van der Waals surface area contributed by atoms with Crippen LogP contribution in [0.1, 0.15) is 5.76 Å². The second-order valence-corrected chi connectivity index (χ2v) is 7.59. The summed E-state index contributed by atoms with van der Waals surface area (Å²) in [6.45, 7) is 0. The maximum absolute atomic E-state index is 12.3. The lowest BCUT2D eigenvalue weighted by Crippen LogP contribution is -2.19. The Morgan fingerprint density at radius 1 is 1.09 bits per heavy atom. The largest absolute Gasteiger partial charge is 0.493 e. The molecule has 0 saturated heterocycles. The molecule has 0 saturated carbocycles. The first-order valence-electron chi connectivity index (χ1n) is 9.91. The zero-order valence-corrected chi connectivity index (χ0v) is 18.8. The van der Waals surface area contributed by atoms with Crippen LogP contribution in [-0.4, -0.2) is 46.9 Å². The van der Waals surface area contributed by atoms with Gasteiger partial charge in [0.05, 0.1) is 32.5 Å². The van der Waals surface area contributed by atoms with Gasteiger partial charge in [-0.1, -0.05) is 30.0 Å². The summed E-state index contributed by atoms with van der Waals surface area (Å²) in [5.74, 6) is 2.19. The Bertz CT molecular complexity index is 1240. The van der Waals surface area contributed by atoms with Gasteiger partial charge in [0.1, 0.15) is 5.76 Å². The monoisotopic (exact) mass is 463 g/mol. The molecule has 0 aliphatic carbocycles. The lowest BCUT2D eigenvalue weighted by atomic mass is 10.2. The Kier molecular flexibility index (Phi) is 7.06. The number of nitrogens with zero attached hydrogens (tertiary/aromatic N) is 4. The first kappa shape index (κ1) is 22.2. The van der Waals surface area contributed by atoms with E-state index in [1.165, 1.54) is 24.2 Å². The third-order valence-corrected chi connectivity index (χ3v) is 5.48. The van der Waals surface area contributed by atoms with Crippen LogP contribution in [0.4, 0.5) is 0 Å². The molecule has 9 nitrogen and oxygen atoms in total. The molecule has 2 heterocycles. The fourth-order valence-electron chi connectivity index (χ4n) is 3.03. The Hall–Kier alpha value is -4.05. The molecule has 2 aromatic heterocycles. The molecule has 4 rings (SSSR count). The molecule has 4 aromatic rings. The van der Waals surface area contributed by atoms with Crippen LogP contribution in [0.3, 0.4) is 0 Å². The number of amides is 1. The Morgan fingerprint density at radius 2 is 1.91 bits per heavy atom. The molecule has 0 aliphatic rings. The van der Waals surface area contributed by atoms with E-state index < -0.39 is 0 Å². The molecule has 0 fully saturated rings. The third-order valence-electron chi connectivity index (χ3n) is 4.55. The smallest absolute Gasteiger partial charge is 0.250 e. The predicted molar refractivity (Wildman–Crippen MR) is 125 cm³/mol. The SMILES string of the molecule is COc1ccc(-c2nnc(SCC(=O)N/N=C\c3ccco3)n2-c2ccccc2)cc1OC. The molecular formula is C23H21N5O4S. The van der Waals surface area contributed by atoms with Crippen molar-refractivity contribution in [3.05, 3.63) is 72.7 Å². The average Bonchev–Trinajstić information content (AvgIpc) is 3.53. The topological polar surface area (TPSA) is 104 Å². The number of hydrogen-bond donors (Lipinski definition) is 1. The number of hydrogen-bond acceptors (Lipinski definition) is 8. The van der Waals surface area contributed by atoms with Gasteiger partial charge in [0.15, 0.2) is 22.5 Å². The second kappa shape index (κ2) is 10.5. The summed E-state index contributed by atoms with van der Waals surface area (Å²) in [5, 5.41) is 13.2. The van der Waals surface area contributed by atoms with Gasteiger partial charge in [-0.2, -0.15) is 5.10 Å². The van der Waals surface area contributed by atoms with Gasteiger partial charge in [-0.3, -0.25) is 9.36 Å². The van der Waals surface area contributed by atoms with E-state index in [1.807, 2.05) is 53.1 Å². The lowest BCUT2D eigenvalue weighted by Gasteiger charge is -2.12. The van der Waals surface area contributed by atoms with E-state index in [1.54, 1.807) is 26.4 Å². The minimum Gasteiger partial charge on any atom is -0.493 e. The van der Waals surface area contributed by atoms with E-state index in [2.05, 4.69) is 20.7 Å². The molecule has 0 aliphatic heterocycles. The summed E-state index contributed by atoms with van der Waals surface area (Å²) in [6, 6.07) is 18.7. The lowest BCUT2D eigenvalue weighted by molar-refractivity contribution is -0.118. The van der Waals surface area contributed by atoms with Crippen LogP contribution in [0.25, 0.3) is 17.1 Å². The fourth-order valence-corrected chi connectivity index (χ4v) is 3.77. The van der Waals surface area contributed by atoms with Gasteiger partial charge >= 0.3 is 0 Å². The summed E-state index contributed by atoms with van der Waals surface area (Å²) < 4.78 is 17.8. The van der Waals surface area contributed by atoms with Crippen LogP contribution in [0.15, 0.2) is 81.6 Å². The number of para-hydroxylation sites is 1. The van der Waals surface area contributed by atoms with E-state index in [0.29, 0.717) is 28.2 Å². The highest BCUT2D eigenvalue weighted by Gasteiger charge is 2.18. The van der Waals surface area contributed by atoms with Crippen LogP contribution < -0.4 is 14.9 Å².